The van der Waals surface area contributed by atoms with Gasteiger partial charge in [-0.25, -0.2) is 4.57 Å². The average Bonchev–Trinajstić information content (AvgIpc) is 3.20. The van der Waals surface area contributed by atoms with Gasteiger partial charge in [-0.3, -0.25) is 18.6 Å². The van der Waals surface area contributed by atoms with Crippen molar-refractivity contribution in [2.75, 3.05) is 13.2 Å². The molecule has 340 valence electrons. The van der Waals surface area contributed by atoms with E-state index in [0.717, 1.165) is 51.4 Å². The lowest BCUT2D eigenvalue weighted by molar-refractivity contribution is -0.220. The molecule has 1 rings (SSSR count). The number of hydrogen-bond acceptors (Lipinski definition) is 12. The molecule has 14 heteroatoms. The predicted octanol–water partition coefficient (Wildman–Crippen LogP) is 8.45. The van der Waals surface area contributed by atoms with Gasteiger partial charge < -0.3 is 39.9 Å². The van der Waals surface area contributed by atoms with Crippen LogP contribution >= 0.6 is 7.82 Å². The van der Waals surface area contributed by atoms with Crippen LogP contribution in [0.15, 0.2) is 24.3 Å². The first-order chi connectivity index (χ1) is 27.9. The van der Waals surface area contributed by atoms with E-state index in [4.69, 9.17) is 18.5 Å². The molecule has 0 amide bonds. The van der Waals surface area contributed by atoms with Crippen molar-refractivity contribution in [1.29, 1.82) is 0 Å². The zero-order valence-electron chi connectivity index (χ0n) is 35.8. The Bertz CT molecular complexity index is 1120. The van der Waals surface area contributed by atoms with Crippen molar-refractivity contribution in [3.63, 3.8) is 0 Å². The van der Waals surface area contributed by atoms with Crippen LogP contribution in [0.5, 0.6) is 0 Å². The SMILES string of the molecule is CCCCCCC/C=C/CCCCCCCC(=O)O[C@@H](COC(=O)CC/C=C/CCCCCCCCCCCCC)COP(=O)(O)OC1C(O)C(O)C(O)[C@H](O)C1O. The molecule has 8 atom stereocenters. The topological polar surface area (TPSA) is 210 Å². The second-order valence-corrected chi connectivity index (χ2v) is 17.3. The number of aliphatic hydroxyl groups is 5. The fourth-order valence-electron chi connectivity index (χ4n) is 6.83. The number of rotatable bonds is 37. The van der Waals surface area contributed by atoms with Gasteiger partial charge >= 0.3 is 19.8 Å². The molecule has 1 saturated carbocycles. The molecule has 0 aromatic heterocycles. The average molecular weight is 849 g/mol. The molecule has 0 bridgehead atoms. The van der Waals surface area contributed by atoms with Crippen molar-refractivity contribution in [3.05, 3.63) is 24.3 Å². The maximum atomic E-state index is 12.8. The molecule has 1 fully saturated rings. The zero-order chi connectivity index (χ0) is 42.9. The van der Waals surface area contributed by atoms with Crippen LogP contribution in [0.3, 0.4) is 0 Å². The van der Waals surface area contributed by atoms with Gasteiger partial charge in [0.15, 0.2) is 6.10 Å². The quantitative estimate of drug-likeness (QED) is 0.0150. The Morgan fingerprint density at radius 1 is 0.517 bits per heavy atom. The first-order valence-electron chi connectivity index (χ1n) is 22.6. The van der Waals surface area contributed by atoms with Crippen molar-refractivity contribution < 1.29 is 63.1 Å². The highest BCUT2D eigenvalue weighted by molar-refractivity contribution is 7.47. The van der Waals surface area contributed by atoms with E-state index >= 15 is 0 Å². The van der Waals surface area contributed by atoms with Crippen molar-refractivity contribution in [3.8, 4) is 0 Å². The van der Waals surface area contributed by atoms with Crippen LogP contribution < -0.4 is 0 Å². The first kappa shape index (κ1) is 54.3. The Labute approximate surface area is 349 Å². The molecule has 1 aliphatic rings. The number of hydrogen-bond donors (Lipinski definition) is 6. The number of phosphoric ester groups is 1. The molecule has 0 radical (unpaired) electrons. The number of carbonyl (C=O) groups is 2. The maximum Gasteiger partial charge on any atom is 0.472 e. The van der Waals surface area contributed by atoms with Crippen LogP contribution in [-0.4, -0.2) is 98.3 Å². The van der Waals surface area contributed by atoms with Gasteiger partial charge in [-0.1, -0.05) is 147 Å². The minimum Gasteiger partial charge on any atom is -0.462 e. The smallest absolute Gasteiger partial charge is 0.462 e. The molecule has 0 saturated heterocycles. The number of unbranched alkanes of at least 4 members (excludes halogenated alkanes) is 21. The van der Waals surface area contributed by atoms with Gasteiger partial charge in [-0.15, -0.1) is 0 Å². The summed E-state index contributed by atoms with van der Waals surface area (Å²) in [5, 5.41) is 50.1. The summed E-state index contributed by atoms with van der Waals surface area (Å²) in [5.74, 6) is -1.16. The van der Waals surface area contributed by atoms with Gasteiger partial charge in [0.25, 0.3) is 0 Å². The monoisotopic (exact) mass is 849 g/mol. The first-order valence-corrected chi connectivity index (χ1v) is 24.1. The van der Waals surface area contributed by atoms with Crippen molar-refractivity contribution >= 4 is 19.8 Å². The number of aliphatic hydroxyl groups excluding tert-OH is 5. The molecule has 0 spiro atoms. The van der Waals surface area contributed by atoms with Crippen molar-refractivity contribution in [2.24, 2.45) is 0 Å². The summed E-state index contributed by atoms with van der Waals surface area (Å²) in [6.07, 6.45) is 23.9. The van der Waals surface area contributed by atoms with Gasteiger partial charge in [0.05, 0.1) is 6.61 Å². The number of allylic oxidation sites excluding steroid dienone is 4. The number of phosphoric acid groups is 1. The minimum atomic E-state index is -5.12. The third kappa shape index (κ3) is 27.2. The third-order valence-electron chi connectivity index (χ3n) is 10.5. The van der Waals surface area contributed by atoms with Crippen LogP contribution in [0, 0.1) is 0 Å². The summed E-state index contributed by atoms with van der Waals surface area (Å²) < 4.78 is 33.4. The molecule has 6 N–H and O–H groups in total. The van der Waals surface area contributed by atoms with E-state index in [1.54, 1.807) is 0 Å². The molecule has 0 aromatic carbocycles. The number of carbonyl (C=O) groups excluding carboxylic acids is 2. The zero-order valence-corrected chi connectivity index (χ0v) is 36.7. The Kier molecular flexibility index (Phi) is 32.8. The van der Waals surface area contributed by atoms with E-state index in [1.807, 2.05) is 6.08 Å². The summed E-state index contributed by atoms with van der Waals surface area (Å²) in [5.41, 5.74) is 0. The highest BCUT2D eigenvalue weighted by Gasteiger charge is 2.51. The minimum absolute atomic E-state index is 0.0815. The lowest BCUT2D eigenvalue weighted by Gasteiger charge is -2.41. The summed E-state index contributed by atoms with van der Waals surface area (Å²) in [6.45, 7) is 3.25. The lowest BCUT2D eigenvalue weighted by Crippen LogP contribution is -2.64. The fraction of sp³-hybridized carbons (Fsp3) is 0.864. The molecule has 1 aliphatic carbocycles. The van der Waals surface area contributed by atoms with E-state index in [1.165, 1.54) is 96.3 Å². The Hall–Kier alpha value is -1.67. The van der Waals surface area contributed by atoms with Gasteiger partial charge in [0.2, 0.25) is 0 Å². The maximum absolute atomic E-state index is 12.8. The summed E-state index contributed by atoms with van der Waals surface area (Å²) in [6, 6.07) is 0. The molecule has 13 nitrogen and oxygen atoms in total. The normalized spacial score (nSPS) is 22.7. The number of esters is 2. The molecule has 58 heavy (non-hydrogen) atoms. The van der Waals surface area contributed by atoms with Crippen LogP contribution in [-0.2, 0) is 32.7 Å². The Morgan fingerprint density at radius 2 is 0.914 bits per heavy atom. The van der Waals surface area contributed by atoms with Crippen molar-refractivity contribution in [1.82, 2.24) is 0 Å². The van der Waals surface area contributed by atoms with Crippen LogP contribution in [0.2, 0.25) is 0 Å². The standard InChI is InChI=1S/C44H81O13P/c1-3-5-7-9-11-13-15-17-19-21-22-24-26-28-30-32-37(45)54-34-36(35-55-58(52,53)57-44-42(50)40(48)39(47)41(49)43(44)51)56-38(46)33-31-29-27-25-23-20-18-16-14-12-10-8-6-4-2/h16,18,26,28,36,39-44,47-51H,3-15,17,19-25,27,29-35H2,1-2H3,(H,52,53)/b18-16+,28-26+/t36-,39?,40-,41?,42?,43?,44?/m0/s1. The van der Waals surface area contributed by atoms with Gasteiger partial charge in [-0.2, -0.15) is 0 Å². The molecule has 0 aliphatic heterocycles. The molecule has 0 heterocycles. The van der Waals surface area contributed by atoms with E-state index in [2.05, 4.69) is 32.1 Å². The largest absolute Gasteiger partial charge is 0.472 e. The van der Waals surface area contributed by atoms with E-state index in [-0.39, 0.29) is 12.8 Å². The lowest BCUT2D eigenvalue weighted by atomic mass is 9.85. The fourth-order valence-corrected chi connectivity index (χ4v) is 7.80. The van der Waals surface area contributed by atoms with Crippen molar-refractivity contribution in [2.45, 2.75) is 230 Å². The van der Waals surface area contributed by atoms with E-state index < -0.39 is 75.7 Å². The molecular weight excluding hydrogens is 767 g/mol. The second kappa shape index (κ2) is 35.0. The summed E-state index contributed by atoms with van der Waals surface area (Å²) >= 11 is 0. The summed E-state index contributed by atoms with van der Waals surface area (Å²) in [4.78, 5) is 35.6. The van der Waals surface area contributed by atoms with Crippen LogP contribution in [0.1, 0.15) is 187 Å². The highest BCUT2D eigenvalue weighted by Crippen LogP contribution is 2.47. The van der Waals surface area contributed by atoms with Crippen LogP contribution in [0.4, 0.5) is 0 Å². The van der Waals surface area contributed by atoms with Gasteiger partial charge in [-0.05, 0) is 51.4 Å². The second-order valence-electron chi connectivity index (χ2n) is 15.9. The van der Waals surface area contributed by atoms with Gasteiger partial charge in [0, 0.05) is 12.8 Å². The number of ether oxygens (including phenoxy) is 2. The van der Waals surface area contributed by atoms with E-state index in [0.29, 0.717) is 12.8 Å². The van der Waals surface area contributed by atoms with Gasteiger partial charge in [0.1, 0.15) is 43.2 Å². The molecular formula is C44H81O13P. The molecule has 6 unspecified atom stereocenters. The van der Waals surface area contributed by atoms with Crippen LogP contribution in [0.25, 0.3) is 0 Å². The highest BCUT2D eigenvalue weighted by atomic mass is 31.2. The summed E-state index contributed by atoms with van der Waals surface area (Å²) in [7, 11) is -5.12. The Balaban J connectivity index is 2.50. The molecule has 0 aromatic rings. The third-order valence-corrected chi connectivity index (χ3v) is 11.5. The van der Waals surface area contributed by atoms with E-state index in [9.17, 15) is 44.6 Å². The predicted molar refractivity (Wildman–Crippen MR) is 226 cm³/mol. The Morgan fingerprint density at radius 3 is 1.38 bits per heavy atom.